The maximum Gasteiger partial charge on any atom is 0.251 e. The van der Waals surface area contributed by atoms with Gasteiger partial charge in [-0.25, -0.2) is 0 Å². The third kappa shape index (κ3) is 2.73. The Morgan fingerprint density at radius 1 is 1.25 bits per heavy atom. The van der Waals surface area contributed by atoms with Crippen LogP contribution in [0.25, 0.3) is 0 Å². The first kappa shape index (κ1) is 11.0. The van der Waals surface area contributed by atoms with Crippen LogP contribution in [0.1, 0.15) is 23.2 Å². The molecule has 1 aromatic rings. The molecule has 1 aromatic carbocycles. The van der Waals surface area contributed by atoms with Crippen molar-refractivity contribution in [2.24, 2.45) is 0 Å². The van der Waals surface area contributed by atoms with Crippen LogP contribution in [-0.2, 0) is 4.74 Å². The zero-order valence-electron chi connectivity index (χ0n) is 8.98. The first-order chi connectivity index (χ1) is 7.75. The Hall–Kier alpha value is -1.55. The molecule has 16 heavy (non-hydrogen) atoms. The normalized spacial score (nSPS) is 17.0. The number of aromatic hydroxyl groups is 1. The number of benzene rings is 1. The van der Waals surface area contributed by atoms with Crippen molar-refractivity contribution in [3.63, 3.8) is 0 Å². The van der Waals surface area contributed by atoms with Crippen LogP contribution in [0.3, 0.4) is 0 Å². The van der Waals surface area contributed by atoms with Gasteiger partial charge in [0.1, 0.15) is 5.75 Å². The van der Waals surface area contributed by atoms with Gasteiger partial charge in [-0.1, -0.05) is 0 Å². The molecule has 0 saturated carbocycles. The number of carbonyl (C=O) groups excluding carboxylic acids is 1. The summed E-state index contributed by atoms with van der Waals surface area (Å²) in [4.78, 5) is 11.8. The molecule has 4 nitrogen and oxygen atoms in total. The van der Waals surface area contributed by atoms with Crippen LogP contribution in [0.4, 0.5) is 0 Å². The van der Waals surface area contributed by atoms with Gasteiger partial charge in [0.2, 0.25) is 0 Å². The van der Waals surface area contributed by atoms with Crippen molar-refractivity contribution in [3.05, 3.63) is 29.8 Å². The Morgan fingerprint density at radius 2 is 1.88 bits per heavy atom. The molecule has 1 fully saturated rings. The van der Waals surface area contributed by atoms with Gasteiger partial charge in [0, 0.05) is 24.8 Å². The fourth-order valence-corrected chi connectivity index (χ4v) is 1.72. The van der Waals surface area contributed by atoms with E-state index in [0.29, 0.717) is 18.8 Å². The first-order valence-corrected chi connectivity index (χ1v) is 5.43. The zero-order valence-corrected chi connectivity index (χ0v) is 8.98. The van der Waals surface area contributed by atoms with Crippen LogP contribution in [0.5, 0.6) is 5.75 Å². The number of rotatable bonds is 2. The van der Waals surface area contributed by atoms with Gasteiger partial charge in [0.25, 0.3) is 5.91 Å². The molecule has 2 rings (SSSR count). The summed E-state index contributed by atoms with van der Waals surface area (Å²) in [6, 6.07) is 6.46. The summed E-state index contributed by atoms with van der Waals surface area (Å²) in [5, 5.41) is 12.1. The molecule has 1 saturated heterocycles. The second-order valence-electron chi connectivity index (χ2n) is 3.91. The molecule has 0 atom stereocenters. The van der Waals surface area contributed by atoms with Crippen molar-refractivity contribution in [1.82, 2.24) is 5.32 Å². The van der Waals surface area contributed by atoms with Crippen LogP contribution in [0, 0.1) is 0 Å². The minimum absolute atomic E-state index is 0.0908. The average Bonchev–Trinajstić information content (AvgIpc) is 2.31. The predicted molar refractivity (Wildman–Crippen MR) is 59.4 cm³/mol. The number of nitrogens with one attached hydrogen (secondary N) is 1. The Balaban J connectivity index is 1.94. The fraction of sp³-hybridized carbons (Fsp3) is 0.417. The molecule has 0 bridgehead atoms. The highest BCUT2D eigenvalue weighted by Crippen LogP contribution is 2.11. The van der Waals surface area contributed by atoms with E-state index in [-0.39, 0.29) is 17.7 Å². The number of amides is 1. The molecule has 0 radical (unpaired) electrons. The van der Waals surface area contributed by atoms with E-state index in [1.165, 1.54) is 12.1 Å². The molecular formula is C12H15NO3. The quantitative estimate of drug-likeness (QED) is 0.791. The fourth-order valence-electron chi connectivity index (χ4n) is 1.72. The number of carbonyl (C=O) groups is 1. The number of hydrogen-bond acceptors (Lipinski definition) is 3. The molecule has 0 spiro atoms. The summed E-state index contributed by atoms with van der Waals surface area (Å²) in [6.07, 6.45) is 1.73. The zero-order chi connectivity index (χ0) is 11.4. The Bertz CT molecular complexity index is 355. The highest BCUT2D eigenvalue weighted by atomic mass is 16.5. The molecule has 0 aliphatic carbocycles. The highest BCUT2D eigenvalue weighted by Gasteiger charge is 2.16. The molecule has 1 aliphatic rings. The molecule has 0 aromatic heterocycles. The molecule has 86 valence electrons. The van der Waals surface area contributed by atoms with Crippen LogP contribution >= 0.6 is 0 Å². The van der Waals surface area contributed by atoms with Gasteiger partial charge in [-0.2, -0.15) is 0 Å². The Kier molecular flexibility index (Phi) is 3.41. The summed E-state index contributed by atoms with van der Waals surface area (Å²) in [5.74, 6) is 0.0783. The van der Waals surface area contributed by atoms with Gasteiger partial charge in [-0.3, -0.25) is 4.79 Å². The molecule has 1 amide bonds. The van der Waals surface area contributed by atoms with E-state index >= 15 is 0 Å². The van der Waals surface area contributed by atoms with E-state index < -0.39 is 0 Å². The summed E-state index contributed by atoms with van der Waals surface area (Å²) in [7, 11) is 0. The minimum Gasteiger partial charge on any atom is -0.508 e. The summed E-state index contributed by atoms with van der Waals surface area (Å²) >= 11 is 0. The SMILES string of the molecule is O=C(NC1CCOCC1)c1ccc(O)cc1. The number of hydrogen-bond donors (Lipinski definition) is 2. The van der Waals surface area contributed by atoms with Crippen LogP contribution in [0.15, 0.2) is 24.3 Å². The summed E-state index contributed by atoms with van der Waals surface area (Å²) < 4.78 is 5.22. The topological polar surface area (TPSA) is 58.6 Å². The van der Waals surface area contributed by atoms with Crippen molar-refractivity contribution < 1.29 is 14.6 Å². The molecule has 4 heteroatoms. The van der Waals surface area contributed by atoms with Crippen LogP contribution in [0.2, 0.25) is 0 Å². The standard InChI is InChI=1S/C12H15NO3/c14-11-3-1-9(2-4-11)12(15)13-10-5-7-16-8-6-10/h1-4,10,14H,5-8H2,(H,13,15). The molecule has 1 aliphatic heterocycles. The molecule has 0 unspecified atom stereocenters. The van der Waals surface area contributed by atoms with Gasteiger partial charge in [-0.15, -0.1) is 0 Å². The monoisotopic (exact) mass is 221 g/mol. The predicted octanol–water partition coefficient (Wildman–Crippen LogP) is 1.30. The van der Waals surface area contributed by atoms with E-state index in [1.54, 1.807) is 12.1 Å². The van der Waals surface area contributed by atoms with E-state index in [2.05, 4.69) is 5.32 Å². The first-order valence-electron chi connectivity index (χ1n) is 5.43. The smallest absolute Gasteiger partial charge is 0.251 e. The molecule has 1 heterocycles. The van der Waals surface area contributed by atoms with Crippen LogP contribution < -0.4 is 5.32 Å². The van der Waals surface area contributed by atoms with Crippen LogP contribution in [-0.4, -0.2) is 30.3 Å². The van der Waals surface area contributed by atoms with Gasteiger partial charge in [0.05, 0.1) is 0 Å². The maximum absolute atomic E-state index is 11.8. The second kappa shape index (κ2) is 4.99. The third-order valence-corrected chi connectivity index (χ3v) is 2.69. The Labute approximate surface area is 94.2 Å². The Morgan fingerprint density at radius 3 is 2.50 bits per heavy atom. The number of phenols is 1. The second-order valence-corrected chi connectivity index (χ2v) is 3.91. The van der Waals surface area contributed by atoms with Gasteiger partial charge >= 0.3 is 0 Å². The number of ether oxygens (including phenoxy) is 1. The van der Waals surface area contributed by atoms with Gasteiger partial charge in [-0.05, 0) is 37.1 Å². The minimum atomic E-state index is -0.0908. The molecule has 2 N–H and O–H groups in total. The van der Waals surface area contributed by atoms with Crippen molar-refractivity contribution in [2.45, 2.75) is 18.9 Å². The van der Waals surface area contributed by atoms with Crippen molar-refractivity contribution >= 4 is 5.91 Å². The lowest BCUT2D eigenvalue weighted by Gasteiger charge is -2.23. The van der Waals surface area contributed by atoms with E-state index in [9.17, 15) is 4.79 Å². The van der Waals surface area contributed by atoms with Gasteiger partial charge < -0.3 is 15.2 Å². The summed E-state index contributed by atoms with van der Waals surface area (Å²) in [6.45, 7) is 1.42. The van der Waals surface area contributed by atoms with E-state index in [1.807, 2.05) is 0 Å². The maximum atomic E-state index is 11.8. The highest BCUT2D eigenvalue weighted by molar-refractivity contribution is 5.94. The average molecular weight is 221 g/mol. The third-order valence-electron chi connectivity index (χ3n) is 2.69. The summed E-state index contributed by atoms with van der Waals surface area (Å²) in [5.41, 5.74) is 0.573. The van der Waals surface area contributed by atoms with Crippen molar-refractivity contribution in [1.29, 1.82) is 0 Å². The van der Waals surface area contributed by atoms with Crippen molar-refractivity contribution in [3.8, 4) is 5.75 Å². The number of phenolic OH excluding ortho intramolecular Hbond substituents is 1. The van der Waals surface area contributed by atoms with E-state index in [0.717, 1.165) is 12.8 Å². The molecular weight excluding hydrogens is 206 g/mol. The van der Waals surface area contributed by atoms with E-state index in [4.69, 9.17) is 9.84 Å². The lowest BCUT2D eigenvalue weighted by Crippen LogP contribution is -2.38. The lowest BCUT2D eigenvalue weighted by atomic mass is 10.1. The largest absolute Gasteiger partial charge is 0.508 e. The lowest BCUT2D eigenvalue weighted by molar-refractivity contribution is 0.0696. The van der Waals surface area contributed by atoms with Crippen molar-refractivity contribution in [2.75, 3.05) is 13.2 Å². The van der Waals surface area contributed by atoms with Gasteiger partial charge in [0.15, 0.2) is 0 Å².